The molecule has 1 aliphatic heterocycles. The van der Waals surface area contributed by atoms with Crippen molar-refractivity contribution in [2.75, 3.05) is 12.4 Å². The molecule has 2 amide bonds. The van der Waals surface area contributed by atoms with Gasteiger partial charge in [-0.15, -0.1) is 12.4 Å². The number of hydrogen-bond acceptors (Lipinski definition) is 7. The van der Waals surface area contributed by atoms with Gasteiger partial charge >= 0.3 is 6.09 Å². The highest BCUT2D eigenvalue weighted by atomic mass is 35.5. The van der Waals surface area contributed by atoms with E-state index < -0.39 is 30.3 Å². The number of ketones is 1. The summed E-state index contributed by atoms with van der Waals surface area (Å²) in [5, 5.41) is 11.7. The fourth-order valence-electron chi connectivity index (χ4n) is 3.69. The summed E-state index contributed by atoms with van der Waals surface area (Å²) in [7, 11) is 1.67. The van der Waals surface area contributed by atoms with Crippen LogP contribution in [0.1, 0.15) is 26.3 Å². The molecule has 3 rings (SSSR count). The first kappa shape index (κ1) is 27.1. The van der Waals surface area contributed by atoms with E-state index in [1.165, 1.54) is 0 Å². The molecule has 0 aliphatic carbocycles. The van der Waals surface area contributed by atoms with Crippen LogP contribution in [0.4, 0.5) is 10.6 Å². The number of aromatic nitrogens is 1. The van der Waals surface area contributed by atoms with Gasteiger partial charge in [0.15, 0.2) is 5.78 Å². The lowest BCUT2D eigenvalue weighted by atomic mass is 9.90. The Hall–Kier alpha value is -3.17. The van der Waals surface area contributed by atoms with Crippen LogP contribution in [-0.2, 0) is 16.0 Å². The number of fused-ring (bicyclic) bond motifs is 1. The number of amides is 2. The van der Waals surface area contributed by atoms with Crippen LogP contribution in [0.15, 0.2) is 48.7 Å². The van der Waals surface area contributed by atoms with E-state index in [4.69, 9.17) is 4.74 Å². The summed E-state index contributed by atoms with van der Waals surface area (Å²) in [5.74, 6) is 0.243. The summed E-state index contributed by atoms with van der Waals surface area (Å²) in [4.78, 5) is 43.2. The number of nitrogens with one attached hydrogen (secondary N) is 4. The molecule has 0 spiro atoms. The second-order valence-electron chi connectivity index (χ2n) is 8.43. The fourth-order valence-corrected chi connectivity index (χ4v) is 3.69. The van der Waals surface area contributed by atoms with Gasteiger partial charge in [0.05, 0.1) is 18.1 Å². The number of nitrogens with zero attached hydrogens (tertiary/aromatic N) is 1. The van der Waals surface area contributed by atoms with Crippen molar-refractivity contribution in [1.82, 2.24) is 20.9 Å². The predicted molar refractivity (Wildman–Crippen MR) is 132 cm³/mol. The first-order chi connectivity index (χ1) is 15.8. The van der Waals surface area contributed by atoms with Crippen LogP contribution in [0.25, 0.3) is 0 Å². The Bertz CT molecular complexity index is 963. The van der Waals surface area contributed by atoms with E-state index in [-0.39, 0.29) is 30.0 Å². The number of rotatable bonds is 9. The van der Waals surface area contributed by atoms with Crippen LogP contribution >= 0.6 is 12.4 Å². The zero-order valence-electron chi connectivity index (χ0n) is 19.7. The lowest BCUT2D eigenvalue weighted by molar-refractivity contribution is -0.130. The summed E-state index contributed by atoms with van der Waals surface area (Å²) in [6, 6.07) is 9.71. The van der Waals surface area contributed by atoms with Gasteiger partial charge in [0.2, 0.25) is 5.91 Å². The number of carbonyl (C=O) groups excluding carboxylic acids is 3. The standard InChI is InChI=1S/C24H31N5O4.ClH/c1-14(2)19(28-23(31)15(3)25-4)21(30)20(18-13-16-9-8-12-26-22(16)27-18)29-24(32)33-17-10-6-5-7-11-17;/h5-12,14-15,18-20,25H,13H2,1-4H3,(H,26,27)(H,28,31)(H,29,32);1H/t15-,18-,19-,20?;/m0./s1. The number of halogens is 1. The first-order valence-corrected chi connectivity index (χ1v) is 11.0. The highest BCUT2D eigenvalue weighted by Gasteiger charge is 2.40. The predicted octanol–water partition coefficient (Wildman–Crippen LogP) is 2.32. The van der Waals surface area contributed by atoms with Gasteiger partial charge in [0, 0.05) is 6.20 Å². The topological polar surface area (TPSA) is 121 Å². The van der Waals surface area contributed by atoms with E-state index in [2.05, 4.69) is 26.3 Å². The van der Waals surface area contributed by atoms with Gasteiger partial charge < -0.3 is 26.0 Å². The molecule has 34 heavy (non-hydrogen) atoms. The maximum absolute atomic E-state index is 13.7. The molecule has 2 heterocycles. The monoisotopic (exact) mass is 489 g/mol. The fraction of sp³-hybridized carbons (Fsp3) is 0.417. The molecule has 0 radical (unpaired) electrons. The first-order valence-electron chi connectivity index (χ1n) is 11.0. The minimum absolute atomic E-state index is 0. The second kappa shape index (κ2) is 12.3. The Morgan fingerprint density at radius 2 is 1.76 bits per heavy atom. The molecule has 4 atom stereocenters. The largest absolute Gasteiger partial charge is 0.413 e. The number of anilines is 1. The Morgan fingerprint density at radius 1 is 1.06 bits per heavy atom. The molecule has 0 fully saturated rings. The van der Waals surface area contributed by atoms with Crippen LogP contribution in [0.5, 0.6) is 5.75 Å². The van der Waals surface area contributed by atoms with Crippen molar-refractivity contribution in [3.05, 3.63) is 54.2 Å². The third-order valence-electron chi connectivity index (χ3n) is 5.69. The normalized spacial score (nSPS) is 16.8. The third-order valence-corrected chi connectivity index (χ3v) is 5.69. The molecule has 0 saturated heterocycles. The molecule has 1 unspecified atom stereocenters. The van der Waals surface area contributed by atoms with Crippen molar-refractivity contribution < 1.29 is 19.1 Å². The molecular weight excluding hydrogens is 458 g/mol. The summed E-state index contributed by atoms with van der Waals surface area (Å²) in [6.45, 7) is 5.42. The Labute approximate surface area is 205 Å². The smallest absolute Gasteiger partial charge is 0.410 e. The van der Waals surface area contributed by atoms with Crippen molar-refractivity contribution in [2.45, 2.75) is 51.4 Å². The van der Waals surface area contributed by atoms with E-state index in [1.54, 1.807) is 44.4 Å². The number of likely N-dealkylation sites (N-methyl/N-ethyl adjacent to an activating group) is 1. The average molecular weight is 490 g/mol. The third kappa shape index (κ3) is 6.68. The summed E-state index contributed by atoms with van der Waals surface area (Å²) < 4.78 is 5.37. The Kier molecular flexibility index (Phi) is 9.83. The van der Waals surface area contributed by atoms with Crippen LogP contribution in [0, 0.1) is 5.92 Å². The van der Waals surface area contributed by atoms with Gasteiger partial charge in [-0.1, -0.05) is 38.1 Å². The van der Waals surface area contributed by atoms with Crippen molar-refractivity contribution in [2.24, 2.45) is 5.92 Å². The van der Waals surface area contributed by atoms with Gasteiger partial charge in [0.25, 0.3) is 0 Å². The van der Waals surface area contributed by atoms with Gasteiger partial charge in [-0.2, -0.15) is 0 Å². The molecule has 1 aromatic carbocycles. The van der Waals surface area contributed by atoms with E-state index in [1.807, 2.05) is 32.0 Å². The second-order valence-corrected chi connectivity index (χ2v) is 8.43. The van der Waals surface area contributed by atoms with E-state index in [0.717, 1.165) is 5.56 Å². The SMILES string of the molecule is CN[C@@H](C)C(=O)N[C@H](C(=O)C(NC(=O)Oc1ccccc1)[C@@H]1Cc2cccnc2N1)C(C)C.Cl. The average Bonchev–Trinajstić information content (AvgIpc) is 3.24. The van der Waals surface area contributed by atoms with Gasteiger partial charge in [-0.25, -0.2) is 9.78 Å². The molecule has 0 saturated carbocycles. The molecule has 184 valence electrons. The summed E-state index contributed by atoms with van der Waals surface area (Å²) in [6.07, 6.45) is 1.41. The van der Waals surface area contributed by atoms with Gasteiger partial charge in [0.1, 0.15) is 17.6 Å². The number of ether oxygens (including phenoxy) is 1. The lowest BCUT2D eigenvalue weighted by Crippen LogP contribution is -2.60. The molecule has 0 bridgehead atoms. The lowest BCUT2D eigenvalue weighted by Gasteiger charge is -2.30. The van der Waals surface area contributed by atoms with Crippen LogP contribution in [-0.4, -0.2) is 54.0 Å². The molecule has 1 aromatic heterocycles. The van der Waals surface area contributed by atoms with Crippen molar-refractivity contribution in [3.63, 3.8) is 0 Å². The van der Waals surface area contributed by atoms with Gasteiger partial charge in [-0.05, 0) is 50.1 Å². The molecule has 1 aliphatic rings. The van der Waals surface area contributed by atoms with Crippen molar-refractivity contribution in [3.8, 4) is 5.75 Å². The molecular formula is C24H32ClN5O4. The number of pyridine rings is 1. The summed E-state index contributed by atoms with van der Waals surface area (Å²) >= 11 is 0. The highest BCUT2D eigenvalue weighted by molar-refractivity contribution is 5.96. The van der Waals surface area contributed by atoms with E-state index >= 15 is 0 Å². The minimum Gasteiger partial charge on any atom is -0.410 e. The molecule has 9 nitrogen and oxygen atoms in total. The van der Waals surface area contributed by atoms with Crippen LogP contribution in [0.2, 0.25) is 0 Å². The van der Waals surface area contributed by atoms with Crippen LogP contribution in [0.3, 0.4) is 0 Å². The number of carbonyl (C=O) groups is 3. The minimum atomic E-state index is -0.951. The van der Waals surface area contributed by atoms with Gasteiger partial charge in [-0.3, -0.25) is 9.59 Å². The number of Topliss-reactive ketones (excluding diaryl/α,β-unsaturated/α-hetero) is 1. The van der Waals surface area contributed by atoms with E-state index in [9.17, 15) is 14.4 Å². The Balaban J connectivity index is 0.00000408. The summed E-state index contributed by atoms with van der Waals surface area (Å²) in [5.41, 5.74) is 0.951. The maximum Gasteiger partial charge on any atom is 0.413 e. The Morgan fingerprint density at radius 3 is 2.38 bits per heavy atom. The number of benzene rings is 1. The van der Waals surface area contributed by atoms with Crippen molar-refractivity contribution >= 4 is 36.0 Å². The zero-order chi connectivity index (χ0) is 24.0. The maximum atomic E-state index is 13.7. The van der Waals surface area contributed by atoms with Crippen molar-refractivity contribution in [1.29, 1.82) is 0 Å². The van der Waals surface area contributed by atoms with E-state index in [0.29, 0.717) is 18.0 Å². The molecule has 10 heteroatoms. The number of para-hydroxylation sites is 1. The number of hydrogen-bond donors (Lipinski definition) is 4. The zero-order valence-corrected chi connectivity index (χ0v) is 20.5. The quantitative estimate of drug-likeness (QED) is 0.426. The highest BCUT2D eigenvalue weighted by Crippen LogP contribution is 2.26. The molecule has 4 N–H and O–H groups in total. The molecule has 2 aromatic rings. The van der Waals surface area contributed by atoms with Crippen LogP contribution < -0.4 is 26.0 Å².